The minimum atomic E-state index is -0.364. The number of amides is 1. The van der Waals surface area contributed by atoms with E-state index in [1.165, 1.54) is 0 Å². The van der Waals surface area contributed by atoms with Gasteiger partial charge in [0.2, 0.25) is 5.91 Å². The second kappa shape index (κ2) is 6.68. The number of rotatable bonds is 5. The van der Waals surface area contributed by atoms with Gasteiger partial charge in [-0.15, -0.1) is 11.3 Å². The zero-order chi connectivity index (χ0) is 14.6. The molecule has 20 heavy (non-hydrogen) atoms. The Morgan fingerprint density at radius 1 is 1.60 bits per heavy atom. The van der Waals surface area contributed by atoms with E-state index in [1.807, 2.05) is 5.38 Å². The SMILES string of the molecule is CCC(NC(=O)C1(CN)CCC(C)CC1)c1nccs1. The molecule has 1 fully saturated rings. The zero-order valence-corrected chi connectivity index (χ0v) is 13.2. The lowest BCUT2D eigenvalue weighted by molar-refractivity contribution is -0.133. The molecule has 5 heteroatoms. The van der Waals surface area contributed by atoms with Gasteiger partial charge in [-0.2, -0.15) is 0 Å². The molecule has 1 unspecified atom stereocenters. The van der Waals surface area contributed by atoms with E-state index in [-0.39, 0.29) is 17.4 Å². The Hall–Kier alpha value is -0.940. The number of nitrogens with zero attached hydrogens (tertiary/aromatic N) is 1. The van der Waals surface area contributed by atoms with Gasteiger partial charge in [0.05, 0.1) is 11.5 Å². The Morgan fingerprint density at radius 2 is 2.30 bits per heavy atom. The third-order valence-electron chi connectivity index (χ3n) is 4.57. The van der Waals surface area contributed by atoms with Crippen molar-refractivity contribution in [3.8, 4) is 0 Å². The highest BCUT2D eigenvalue weighted by molar-refractivity contribution is 7.09. The van der Waals surface area contributed by atoms with Crippen LogP contribution in [0.5, 0.6) is 0 Å². The number of carbonyl (C=O) groups is 1. The average molecular weight is 295 g/mol. The fourth-order valence-corrected chi connectivity index (χ4v) is 3.67. The average Bonchev–Trinajstić information content (AvgIpc) is 2.99. The topological polar surface area (TPSA) is 68.0 Å². The Kier molecular flexibility index (Phi) is 5.16. The minimum Gasteiger partial charge on any atom is -0.346 e. The van der Waals surface area contributed by atoms with Crippen LogP contribution in [0, 0.1) is 11.3 Å². The van der Waals surface area contributed by atoms with E-state index in [9.17, 15) is 4.79 Å². The molecule has 1 aliphatic carbocycles. The van der Waals surface area contributed by atoms with Crippen molar-refractivity contribution >= 4 is 17.2 Å². The maximum absolute atomic E-state index is 12.7. The lowest BCUT2D eigenvalue weighted by atomic mass is 9.70. The molecule has 1 atom stereocenters. The summed E-state index contributed by atoms with van der Waals surface area (Å²) >= 11 is 1.59. The van der Waals surface area contributed by atoms with Crippen LogP contribution in [0.4, 0.5) is 0 Å². The molecule has 1 saturated carbocycles. The van der Waals surface area contributed by atoms with Crippen LogP contribution in [0.25, 0.3) is 0 Å². The van der Waals surface area contributed by atoms with Gasteiger partial charge in [-0.25, -0.2) is 4.98 Å². The Labute approximate surface area is 125 Å². The number of hydrogen-bond donors (Lipinski definition) is 2. The molecule has 0 spiro atoms. The van der Waals surface area contributed by atoms with Crippen molar-refractivity contribution in [3.63, 3.8) is 0 Å². The summed E-state index contributed by atoms with van der Waals surface area (Å²) in [4.78, 5) is 17.0. The van der Waals surface area contributed by atoms with Gasteiger partial charge < -0.3 is 11.1 Å². The Morgan fingerprint density at radius 3 is 2.80 bits per heavy atom. The number of nitrogens with two attached hydrogens (primary N) is 1. The fourth-order valence-electron chi connectivity index (χ4n) is 2.89. The number of aromatic nitrogens is 1. The molecule has 0 aliphatic heterocycles. The van der Waals surface area contributed by atoms with Crippen molar-refractivity contribution in [1.82, 2.24) is 10.3 Å². The van der Waals surface area contributed by atoms with E-state index in [2.05, 4.69) is 24.1 Å². The summed E-state index contributed by atoms with van der Waals surface area (Å²) in [7, 11) is 0. The van der Waals surface area contributed by atoms with E-state index < -0.39 is 0 Å². The van der Waals surface area contributed by atoms with E-state index in [4.69, 9.17) is 5.73 Å². The molecule has 112 valence electrons. The summed E-state index contributed by atoms with van der Waals surface area (Å²) < 4.78 is 0. The van der Waals surface area contributed by atoms with Crippen LogP contribution in [0.15, 0.2) is 11.6 Å². The first kappa shape index (κ1) is 15.4. The van der Waals surface area contributed by atoms with Crippen LogP contribution in [-0.2, 0) is 4.79 Å². The molecule has 1 aromatic heterocycles. The summed E-state index contributed by atoms with van der Waals surface area (Å²) in [6.45, 7) is 4.77. The summed E-state index contributed by atoms with van der Waals surface area (Å²) in [5, 5.41) is 6.11. The maximum Gasteiger partial charge on any atom is 0.228 e. The van der Waals surface area contributed by atoms with Gasteiger partial charge in [-0.05, 0) is 38.0 Å². The van der Waals surface area contributed by atoms with E-state index >= 15 is 0 Å². The zero-order valence-electron chi connectivity index (χ0n) is 12.4. The second-order valence-corrected chi connectivity index (χ2v) is 6.90. The van der Waals surface area contributed by atoms with Crippen LogP contribution in [0.1, 0.15) is 57.0 Å². The van der Waals surface area contributed by atoms with Crippen molar-refractivity contribution in [2.75, 3.05) is 6.54 Å². The Bertz CT molecular complexity index is 424. The molecule has 3 N–H and O–H groups in total. The van der Waals surface area contributed by atoms with Gasteiger partial charge in [0, 0.05) is 18.1 Å². The van der Waals surface area contributed by atoms with Crippen LogP contribution >= 0.6 is 11.3 Å². The molecule has 1 heterocycles. The smallest absolute Gasteiger partial charge is 0.228 e. The van der Waals surface area contributed by atoms with E-state index in [0.29, 0.717) is 12.5 Å². The van der Waals surface area contributed by atoms with Gasteiger partial charge >= 0.3 is 0 Å². The fraction of sp³-hybridized carbons (Fsp3) is 0.733. The highest BCUT2D eigenvalue weighted by atomic mass is 32.1. The molecule has 0 radical (unpaired) electrons. The molecule has 0 bridgehead atoms. The van der Waals surface area contributed by atoms with Gasteiger partial charge in [0.1, 0.15) is 5.01 Å². The first-order valence-corrected chi connectivity index (χ1v) is 8.39. The van der Waals surface area contributed by atoms with Crippen molar-refractivity contribution in [2.45, 2.75) is 52.0 Å². The standard InChI is InChI=1S/C15H25N3OS/c1-3-12(13-17-8-9-20-13)18-14(19)15(10-16)6-4-11(2)5-7-15/h8-9,11-12H,3-7,10,16H2,1-2H3,(H,18,19). The quantitative estimate of drug-likeness (QED) is 0.877. The third kappa shape index (κ3) is 3.20. The van der Waals surface area contributed by atoms with Crippen LogP contribution in [0.3, 0.4) is 0 Å². The van der Waals surface area contributed by atoms with E-state index in [1.54, 1.807) is 17.5 Å². The molecule has 0 saturated heterocycles. The number of carbonyl (C=O) groups excluding carboxylic acids is 1. The molecular formula is C15H25N3OS. The minimum absolute atomic E-state index is 0.0188. The highest BCUT2D eigenvalue weighted by Crippen LogP contribution is 2.39. The molecule has 1 aliphatic rings. The monoisotopic (exact) mass is 295 g/mol. The second-order valence-electron chi connectivity index (χ2n) is 5.97. The lowest BCUT2D eigenvalue weighted by Crippen LogP contribution is -2.48. The predicted octanol–water partition coefficient (Wildman–Crippen LogP) is 2.87. The molecular weight excluding hydrogens is 270 g/mol. The number of thiazole rings is 1. The number of nitrogens with one attached hydrogen (secondary N) is 1. The van der Waals surface area contributed by atoms with Gasteiger partial charge in [0.15, 0.2) is 0 Å². The third-order valence-corrected chi connectivity index (χ3v) is 5.46. The summed E-state index contributed by atoms with van der Waals surface area (Å²) in [6.07, 6.45) is 6.65. The first-order chi connectivity index (χ1) is 9.61. The van der Waals surface area contributed by atoms with Crippen molar-refractivity contribution in [3.05, 3.63) is 16.6 Å². The maximum atomic E-state index is 12.7. The molecule has 2 rings (SSSR count). The summed E-state index contributed by atoms with van der Waals surface area (Å²) in [6, 6.07) is 0.0188. The van der Waals surface area contributed by atoms with Gasteiger partial charge in [-0.1, -0.05) is 13.8 Å². The van der Waals surface area contributed by atoms with Gasteiger partial charge in [-0.3, -0.25) is 4.79 Å². The van der Waals surface area contributed by atoms with Crippen LogP contribution < -0.4 is 11.1 Å². The van der Waals surface area contributed by atoms with Crippen LogP contribution in [-0.4, -0.2) is 17.4 Å². The van der Waals surface area contributed by atoms with Crippen molar-refractivity contribution < 1.29 is 4.79 Å². The summed E-state index contributed by atoms with van der Waals surface area (Å²) in [5.74, 6) is 0.831. The number of hydrogen-bond acceptors (Lipinski definition) is 4. The predicted molar refractivity (Wildman–Crippen MR) is 82.4 cm³/mol. The highest BCUT2D eigenvalue weighted by Gasteiger charge is 2.40. The lowest BCUT2D eigenvalue weighted by Gasteiger charge is -2.38. The molecule has 1 aromatic rings. The van der Waals surface area contributed by atoms with Gasteiger partial charge in [0.25, 0.3) is 0 Å². The van der Waals surface area contributed by atoms with Crippen LogP contribution in [0.2, 0.25) is 0 Å². The van der Waals surface area contributed by atoms with E-state index in [0.717, 1.165) is 37.1 Å². The molecule has 1 amide bonds. The van der Waals surface area contributed by atoms with Crippen molar-refractivity contribution in [1.29, 1.82) is 0 Å². The Balaban J connectivity index is 2.05. The van der Waals surface area contributed by atoms with Crippen molar-refractivity contribution in [2.24, 2.45) is 17.1 Å². The normalized spacial score (nSPS) is 28.1. The molecule has 0 aromatic carbocycles. The first-order valence-electron chi connectivity index (χ1n) is 7.51. The largest absolute Gasteiger partial charge is 0.346 e. The molecule has 4 nitrogen and oxygen atoms in total. The summed E-state index contributed by atoms with van der Waals surface area (Å²) in [5.41, 5.74) is 5.58.